The zero-order chi connectivity index (χ0) is 27.1. The van der Waals surface area contributed by atoms with Crippen LogP contribution in [0.4, 0.5) is 10.2 Å². The van der Waals surface area contributed by atoms with E-state index in [0.717, 1.165) is 52.1 Å². The minimum atomic E-state index is -1.20. The predicted molar refractivity (Wildman–Crippen MR) is 146 cm³/mol. The van der Waals surface area contributed by atoms with Gasteiger partial charge in [0, 0.05) is 48.3 Å². The number of nitrogens with two attached hydrogens (primary N) is 1. The first-order valence-corrected chi connectivity index (χ1v) is 13.1. The number of hydrogen-bond donors (Lipinski definition) is 1. The number of nitrogens with zero attached hydrogens (tertiary/aromatic N) is 6. The molecule has 2 atom stereocenters. The first kappa shape index (κ1) is 25.1. The zero-order valence-electron chi connectivity index (χ0n) is 22.0. The number of amides is 1. The lowest BCUT2D eigenvalue weighted by atomic mass is 9.95. The van der Waals surface area contributed by atoms with E-state index in [0.29, 0.717) is 31.0 Å². The number of rotatable bonds is 4. The summed E-state index contributed by atoms with van der Waals surface area (Å²) < 4.78 is 19.3. The van der Waals surface area contributed by atoms with Crippen LogP contribution in [-0.2, 0) is 13.0 Å². The summed E-state index contributed by atoms with van der Waals surface area (Å²) in [5.41, 5.74) is 12.2. The molecule has 1 fully saturated rings. The molecule has 0 radical (unpaired) electrons. The van der Waals surface area contributed by atoms with Crippen molar-refractivity contribution in [3.05, 3.63) is 71.0 Å². The van der Waals surface area contributed by atoms with E-state index in [-0.39, 0.29) is 12.5 Å². The maximum atomic E-state index is 14.2. The van der Waals surface area contributed by atoms with Gasteiger partial charge in [-0.25, -0.2) is 14.4 Å². The first-order chi connectivity index (χ1) is 18.9. The molecule has 2 aliphatic rings. The number of benzene rings is 2. The van der Waals surface area contributed by atoms with Gasteiger partial charge < -0.3 is 20.3 Å². The van der Waals surface area contributed by atoms with E-state index < -0.39 is 12.2 Å². The van der Waals surface area contributed by atoms with Gasteiger partial charge in [0.15, 0.2) is 0 Å². The number of fused-ring (bicyclic) bond motifs is 2. The van der Waals surface area contributed by atoms with E-state index >= 15 is 0 Å². The number of carbonyl (C=O) groups excluding carboxylic acids is 1. The maximum absolute atomic E-state index is 14.2. The smallest absolute Gasteiger partial charge is 0.253 e. The largest absolute Gasteiger partial charge is 0.480 e. The highest BCUT2D eigenvalue weighted by Crippen LogP contribution is 2.33. The van der Waals surface area contributed by atoms with Crippen molar-refractivity contribution in [1.82, 2.24) is 25.1 Å². The van der Waals surface area contributed by atoms with Gasteiger partial charge in [-0.3, -0.25) is 4.79 Å². The Morgan fingerprint density at radius 1 is 1.08 bits per heavy atom. The number of piperidine rings is 1. The summed E-state index contributed by atoms with van der Waals surface area (Å²) in [5.74, 6) is 1.13. The van der Waals surface area contributed by atoms with E-state index in [9.17, 15) is 9.18 Å². The Bertz CT molecular complexity index is 1550. The SMILES string of the molecule is COc1ccc(-c2cc(C)c3ncnc(N4CCc5ccc(C(=O)N6CC[C@H](N)[C@H](F)C6)cc5C4)c3c2)nn1. The van der Waals surface area contributed by atoms with E-state index in [2.05, 4.69) is 37.2 Å². The topological polar surface area (TPSA) is 110 Å². The Balaban J connectivity index is 1.31. The fourth-order valence-electron chi connectivity index (χ4n) is 5.48. The molecular formula is C29H30FN7O2. The molecular weight excluding hydrogens is 497 g/mol. The Morgan fingerprint density at radius 2 is 1.95 bits per heavy atom. The van der Waals surface area contributed by atoms with Crippen LogP contribution in [0.25, 0.3) is 22.2 Å². The van der Waals surface area contributed by atoms with Crippen LogP contribution in [0.5, 0.6) is 5.88 Å². The predicted octanol–water partition coefficient (Wildman–Crippen LogP) is 3.48. The average molecular weight is 528 g/mol. The van der Waals surface area contributed by atoms with Crippen LogP contribution in [0, 0.1) is 6.92 Å². The quantitative estimate of drug-likeness (QED) is 0.430. The first-order valence-electron chi connectivity index (χ1n) is 13.1. The summed E-state index contributed by atoms with van der Waals surface area (Å²) in [6, 6.07) is 13.1. The van der Waals surface area contributed by atoms with E-state index in [1.165, 1.54) is 5.56 Å². The molecule has 2 aromatic carbocycles. The van der Waals surface area contributed by atoms with Gasteiger partial charge in [-0.15, -0.1) is 10.2 Å². The van der Waals surface area contributed by atoms with Gasteiger partial charge in [0.2, 0.25) is 5.88 Å². The summed E-state index contributed by atoms with van der Waals surface area (Å²) in [6.07, 6.45) is 1.69. The molecule has 4 aromatic rings. The van der Waals surface area contributed by atoms with Crippen molar-refractivity contribution in [1.29, 1.82) is 0 Å². The fraction of sp³-hybridized carbons (Fsp3) is 0.345. The number of carbonyl (C=O) groups is 1. The Kier molecular flexibility index (Phi) is 6.56. The molecule has 0 spiro atoms. The Hall–Kier alpha value is -4.18. The highest BCUT2D eigenvalue weighted by molar-refractivity contribution is 5.96. The van der Waals surface area contributed by atoms with Crippen molar-refractivity contribution in [2.75, 3.05) is 31.6 Å². The van der Waals surface area contributed by atoms with Crippen molar-refractivity contribution in [3.8, 4) is 17.1 Å². The number of aromatic nitrogens is 4. The molecule has 2 aliphatic heterocycles. The van der Waals surface area contributed by atoms with Crippen LogP contribution in [0.15, 0.2) is 48.8 Å². The molecule has 1 amide bonds. The summed E-state index contributed by atoms with van der Waals surface area (Å²) in [4.78, 5) is 26.2. The minimum Gasteiger partial charge on any atom is -0.480 e. The molecule has 6 rings (SSSR count). The van der Waals surface area contributed by atoms with Gasteiger partial charge in [0.25, 0.3) is 5.91 Å². The van der Waals surface area contributed by atoms with Crippen LogP contribution in [0.2, 0.25) is 0 Å². The van der Waals surface area contributed by atoms with Crippen LogP contribution in [0.3, 0.4) is 0 Å². The fourth-order valence-corrected chi connectivity index (χ4v) is 5.48. The zero-order valence-corrected chi connectivity index (χ0v) is 22.0. The summed E-state index contributed by atoms with van der Waals surface area (Å²) in [5, 5.41) is 9.36. The lowest BCUT2D eigenvalue weighted by Gasteiger charge is -2.34. The van der Waals surface area contributed by atoms with Gasteiger partial charge in [0.05, 0.1) is 24.9 Å². The second kappa shape index (κ2) is 10.2. The number of likely N-dealkylation sites (tertiary alicyclic amines) is 1. The maximum Gasteiger partial charge on any atom is 0.253 e. The highest BCUT2D eigenvalue weighted by atomic mass is 19.1. The van der Waals surface area contributed by atoms with Crippen molar-refractivity contribution in [3.63, 3.8) is 0 Å². The lowest BCUT2D eigenvalue weighted by Crippen LogP contribution is -2.50. The molecule has 2 aromatic heterocycles. The number of methoxy groups -OCH3 is 1. The minimum absolute atomic E-state index is 0.0381. The lowest BCUT2D eigenvalue weighted by molar-refractivity contribution is 0.0604. The van der Waals surface area contributed by atoms with Gasteiger partial charge in [-0.05, 0) is 66.8 Å². The van der Waals surface area contributed by atoms with E-state index in [1.807, 2.05) is 31.2 Å². The summed E-state index contributed by atoms with van der Waals surface area (Å²) in [7, 11) is 1.56. The second-order valence-corrected chi connectivity index (χ2v) is 10.2. The molecule has 1 saturated heterocycles. The van der Waals surface area contributed by atoms with Gasteiger partial charge in [-0.1, -0.05) is 6.07 Å². The number of aryl methyl sites for hydroxylation is 1. The molecule has 4 heterocycles. The number of hydrogen-bond acceptors (Lipinski definition) is 8. The third-order valence-corrected chi connectivity index (χ3v) is 7.70. The van der Waals surface area contributed by atoms with E-state index in [1.54, 1.807) is 24.4 Å². The molecule has 0 saturated carbocycles. The van der Waals surface area contributed by atoms with Crippen molar-refractivity contribution < 1.29 is 13.9 Å². The van der Waals surface area contributed by atoms with Crippen LogP contribution in [0.1, 0.15) is 33.5 Å². The van der Waals surface area contributed by atoms with Crippen LogP contribution >= 0.6 is 0 Å². The second-order valence-electron chi connectivity index (χ2n) is 10.2. The number of alkyl halides is 1. The van der Waals surface area contributed by atoms with Crippen molar-refractivity contribution in [2.24, 2.45) is 5.73 Å². The normalized spacial score (nSPS) is 19.2. The standard InChI is InChI=1S/C29H30FN7O2/c1-17-11-20(25-5-6-26(39-2)35-34-25)13-22-27(17)32-16-33-28(22)36-9-7-18-3-4-19(12-21(18)14-36)29(38)37-10-8-24(31)23(30)15-37/h3-6,11-13,16,23-24H,7-10,14-15,31H2,1-2H3/t23-,24+/m1/s1. The average Bonchev–Trinajstić information content (AvgIpc) is 2.97. The Labute approximate surface area is 225 Å². The molecule has 0 unspecified atom stereocenters. The van der Waals surface area contributed by atoms with Crippen molar-refractivity contribution >= 4 is 22.6 Å². The number of halogens is 1. The molecule has 39 heavy (non-hydrogen) atoms. The monoisotopic (exact) mass is 527 g/mol. The number of ether oxygens (including phenoxy) is 1. The molecule has 10 heteroatoms. The third kappa shape index (κ3) is 4.76. The number of anilines is 1. The van der Waals surface area contributed by atoms with Gasteiger partial charge in [-0.2, -0.15) is 0 Å². The molecule has 9 nitrogen and oxygen atoms in total. The van der Waals surface area contributed by atoms with Crippen molar-refractivity contribution in [2.45, 2.75) is 38.5 Å². The summed E-state index contributed by atoms with van der Waals surface area (Å²) in [6.45, 7) is 3.92. The van der Waals surface area contributed by atoms with E-state index in [4.69, 9.17) is 10.5 Å². The van der Waals surface area contributed by atoms with Crippen LogP contribution < -0.4 is 15.4 Å². The molecule has 200 valence electrons. The molecule has 0 aliphatic carbocycles. The highest BCUT2D eigenvalue weighted by Gasteiger charge is 2.30. The third-order valence-electron chi connectivity index (χ3n) is 7.70. The van der Waals surface area contributed by atoms with Crippen LogP contribution in [-0.4, -0.2) is 69.9 Å². The van der Waals surface area contributed by atoms with Gasteiger partial charge >= 0.3 is 0 Å². The molecule has 0 bridgehead atoms. The Morgan fingerprint density at radius 3 is 2.72 bits per heavy atom. The molecule has 2 N–H and O–H groups in total. The summed E-state index contributed by atoms with van der Waals surface area (Å²) >= 11 is 0. The van der Waals surface area contributed by atoms with Gasteiger partial charge in [0.1, 0.15) is 18.3 Å².